The summed E-state index contributed by atoms with van der Waals surface area (Å²) in [5.41, 5.74) is 1.78. The van der Waals surface area contributed by atoms with Crippen LogP contribution in [0, 0.1) is 12.8 Å². The van der Waals surface area contributed by atoms with Crippen molar-refractivity contribution in [3.8, 4) is 0 Å². The Labute approximate surface area is 204 Å². The molecule has 35 heavy (non-hydrogen) atoms. The largest absolute Gasteiger partial charge is 0.394 e. The van der Waals surface area contributed by atoms with Gasteiger partial charge < -0.3 is 20.5 Å². The Morgan fingerprint density at radius 2 is 2.06 bits per heavy atom. The molecule has 0 aliphatic heterocycles. The molecule has 4 aromatic rings. The molecular weight excluding hydrogens is 470 g/mol. The van der Waals surface area contributed by atoms with Crippen LogP contribution in [0.2, 0.25) is 0 Å². The van der Waals surface area contributed by atoms with E-state index in [0.29, 0.717) is 22.7 Å². The zero-order chi connectivity index (χ0) is 25.4. The average molecular weight is 500 g/mol. The highest BCUT2D eigenvalue weighted by atomic mass is 32.1. The van der Waals surface area contributed by atoms with Gasteiger partial charge in [0.15, 0.2) is 0 Å². The first-order chi connectivity index (χ1) is 16.6. The Morgan fingerprint density at radius 3 is 2.74 bits per heavy atom. The number of hydrogen-bond acceptors (Lipinski definition) is 7. The lowest BCUT2D eigenvalue weighted by Crippen LogP contribution is -2.39. The Hall–Kier alpha value is -3.28. The lowest BCUT2D eigenvalue weighted by atomic mass is 10.0. The number of carbonyl (C=O) groups excluding carboxylic acids is 1. The number of aromatic amines is 1. The second-order valence-electron chi connectivity index (χ2n) is 9.08. The summed E-state index contributed by atoms with van der Waals surface area (Å²) >= 11 is 1.26. The molecule has 4 N–H and O–H groups in total. The van der Waals surface area contributed by atoms with Crippen LogP contribution in [0.1, 0.15) is 40.3 Å². The molecule has 1 atom stereocenters. The summed E-state index contributed by atoms with van der Waals surface area (Å²) in [5, 5.41) is 22.6. The molecule has 4 heterocycles. The van der Waals surface area contributed by atoms with E-state index in [4.69, 9.17) is 5.11 Å². The number of rotatable bonds is 8. The van der Waals surface area contributed by atoms with Crippen LogP contribution >= 0.6 is 11.3 Å². The number of aliphatic hydroxyl groups excluding tert-OH is 2. The zero-order valence-electron chi connectivity index (χ0n) is 20.1. The summed E-state index contributed by atoms with van der Waals surface area (Å²) in [6, 6.07) is 3.78. The highest BCUT2D eigenvalue weighted by molar-refractivity contribution is 7.19. The fourth-order valence-electron chi connectivity index (χ4n) is 4.22. The van der Waals surface area contributed by atoms with Gasteiger partial charge in [0.1, 0.15) is 10.5 Å². The molecule has 1 amide bonds. The fraction of sp³-hybridized carbons (Fsp3) is 0.417. The number of amides is 1. The summed E-state index contributed by atoms with van der Waals surface area (Å²) in [6.45, 7) is 5.59. The summed E-state index contributed by atoms with van der Waals surface area (Å²) in [4.78, 5) is 48.3. The lowest BCUT2D eigenvalue weighted by molar-refractivity contribution is 0.0802. The maximum atomic E-state index is 13.4. The van der Waals surface area contributed by atoms with Gasteiger partial charge in [0, 0.05) is 48.7 Å². The third-order valence-corrected chi connectivity index (χ3v) is 7.17. The van der Waals surface area contributed by atoms with Crippen LogP contribution in [0.5, 0.6) is 0 Å². The van der Waals surface area contributed by atoms with E-state index in [9.17, 15) is 19.5 Å². The third kappa shape index (κ3) is 4.54. The van der Waals surface area contributed by atoms with Gasteiger partial charge in [0.2, 0.25) is 0 Å². The number of hydrogen-bond donors (Lipinski definition) is 4. The molecule has 4 rings (SSSR count). The Kier molecular flexibility index (Phi) is 6.93. The molecule has 0 aliphatic rings. The lowest BCUT2D eigenvalue weighted by Gasteiger charge is -2.12. The van der Waals surface area contributed by atoms with E-state index in [1.165, 1.54) is 18.4 Å². The third-order valence-electron chi connectivity index (χ3n) is 5.96. The van der Waals surface area contributed by atoms with Crippen LogP contribution in [0.4, 0.5) is 0 Å². The van der Waals surface area contributed by atoms with Gasteiger partial charge in [-0.05, 0) is 30.5 Å². The van der Waals surface area contributed by atoms with Gasteiger partial charge in [0.25, 0.3) is 11.5 Å². The van der Waals surface area contributed by atoms with E-state index >= 15 is 0 Å². The van der Waals surface area contributed by atoms with Gasteiger partial charge in [-0.15, -0.1) is 11.3 Å². The highest BCUT2D eigenvalue weighted by Gasteiger charge is 2.27. The SMILES string of the molecule is Cc1[nH]c2ncccc2c1Cc1sc2c(c1C(=O)NCC(O)CO)c(=O)n(C)c(=O)n2CC(C)C. The second-order valence-corrected chi connectivity index (χ2v) is 10.2. The molecule has 10 nitrogen and oxygen atoms in total. The molecule has 0 aromatic carbocycles. The molecule has 4 aromatic heterocycles. The number of nitrogens with zero attached hydrogens (tertiary/aromatic N) is 3. The van der Waals surface area contributed by atoms with Crippen LogP contribution in [0.15, 0.2) is 27.9 Å². The van der Waals surface area contributed by atoms with Crippen molar-refractivity contribution in [1.29, 1.82) is 0 Å². The van der Waals surface area contributed by atoms with Crippen LogP contribution < -0.4 is 16.6 Å². The number of nitrogens with one attached hydrogen (secondary N) is 2. The number of thiophene rings is 1. The predicted octanol–water partition coefficient (Wildman–Crippen LogP) is 1.28. The molecule has 0 aliphatic carbocycles. The van der Waals surface area contributed by atoms with Crippen molar-refractivity contribution in [2.45, 2.75) is 39.8 Å². The summed E-state index contributed by atoms with van der Waals surface area (Å²) in [5.74, 6) is -0.404. The van der Waals surface area contributed by atoms with E-state index in [2.05, 4.69) is 15.3 Å². The highest BCUT2D eigenvalue weighted by Crippen LogP contribution is 2.33. The number of fused-ring (bicyclic) bond motifs is 2. The molecule has 0 radical (unpaired) electrons. The first kappa shape index (κ1) is 24.8. The van der Waals surface area contributed by atoms with Crippen LogP contribution in [-0.4, -0.2) is 54.5 Å². The van der Waals surface area contributed by atoms with E-state index in [-0.39, 0.29) is 23.4 Å². The predicted molar refractivity (Wildman–Crippen MR) is 135 cm³/mol. The van der Waals surface area contributed by atoms with Gasteiger partial charge in [-0.1, -0.05) is 13.8 Å². The number of carbonyl (C=O) groups is 1. The molecule has 186 valence electrons. The van der Waals surface area contributed by atoms with Crippen molar-refractivity contribution >= 4 is 38.5 Å². The molecule has 0 bridgehead atoms. The number of pyridine rings is 1. The van der Waals surface area contributed by atoms with E-state index < -0.39 is 29.9 Å². The van der Waals surface area contributed by atoms with Crippen molar-refractivity contribution in [2.24, 2.45) is 13.0 Å². The van der Waals surface area contributed by atoms with Crippen LogP contribution in [0.3, 0.4) is 0 Å². The van der Waals surface area contributed by atoms with Gasteiger partial charge in [-0.3, -0.25) is 18.7 Å². The van der Waals surface area contributed by atoms with Gasteiger partial charge in [-0.25, -0.2) is 9.78 Å². The van der Waals surface area contributed by atoms with E-state index in [1.807, 2.05) is 32.9 Å². The Bertz CT molecular complexity index is 1530. The molecule has 1 unspecified atom stereocenters. The molecule has 11 heteroatoms. The van der Waals surface area contributed by atoms with Crippen molar-refractivity contribution in [3.63, 3.8) is 0 Å². The van der Waals surface area contributed by atoms with Gasteiger partial charge in [-0.2, -0.15) is 0 Å². The minimum atomic E-state index is -1.13. The Morgan fingerprint density at radius 1 is 1.31 bits per heavy atom. The van der Waals surface area contributed by atoms with Crippen LogP contribution in [0.25, 0.3) is 21.3 Å². The average Bonchev–Trinajstić information content (AvgIpc) is 3.36. The minimum absolute atomic E-state index is 0.137. The fourth-order valence-corrected chi connectivity index (χ4v) is 5.52. The summed E-state index contributed by atoms with van der Waals surface area (Å²) in [6.07, 6.45) is 0.915. The van der Waals surface area contributed by atoms with E-state index in [0.717, 1.165) is 26.9 Å². The molecule has 0 spiro atoms. The molecule has 0 fully saturated rings. The maximum absolute atomic E-state index is 13.4. The van der Waals surface area contributed by atoms with Crippen LogP contribution in [-0.2, 0) is 20.0 Å². The topological polar surface area (TPSA) is 142 Å². The Balaban J connectivity index is 1.97. The quantitative estimate of drug-likeness (QED) is 0.288. The molecule has 0 saturated heterocycles. The smallest absolute Gasteiger partial charge is 0.331 e. The van der Waals surface area contributed by atoms with E-state index in [1.54, 1.807) is 10.8 Å². The first-order valence-electron chi connectivity index (χ1n) is 11.4. The van der Waals surface area contributed by atoms with Crippen molar-refractivity contribution in [3.05, 3.63) is 60.9 Å². The number of aliphatic hydroxyl groups is 2. The zero-order valence-corrected chi connectivity index (χ0v) is 20.9. The van der Waals surface area contributed by atoms with Crippen molar-refractivity contribution in [1.82, 2.24) is 24.4 Å². The minimum Gasteiger partial charge on any atom is -0.394 e. The standard InChI is InChI=1S/C24H29N5O5S/c1-12(2)10-29-23-19(22(33)28(4)24(29)34)18(21(32)26-9-14(31)11-30)17(35-23)8-16-13(3)27-20-15(16)6-5-7-25-20/h5-7,12,14,30-31H,8-11H2,1-4H3,(H,25,27)(H,26,32). The van der Waals surface area contributed by atoms with Gasteiger partial charge in [0.05, 0.1) is 23.7 Å². The second kappa shape index (κ2) is 9.76. The summed E-state index contributed by atoms with van der Waals surface area (Å²) in [7, 11) is 1.41. The van der Waals surface area contributed by atoms with Crippen molar-refractivity contribution in [2.75, 3.05) is 13.2 Å². The first-order valence-corrected chi connectivity index (χ1v) is 12.2. The molecule has 0 saturated carbocycles. The maximum Gasteiger partial charge on any atom is 0.331 e. The number of H-pyrrole nitrogens is 1. The normalized spacial score (nSPS) is 12.7. The molecular formula is C24H29N5O5S. The summed E-state index contributed by atoms with van der Waals surface area (Å²) < 4.78 is 2.58. The number of aryl methyl sites for hydroxylation is 1. The van der Waals surface area contributed by atoms with Crippen molar-refractivity contribution < 1.29 is 15.0 Å². The number of aromatic nitrogens is 4. The monoisotopic (exact) mass is 499 g/mol. The van der Waals surface area contributed by atoms with Gasteiger partial charge >= 0.3 is 5.69 Å².